The minimum atomic E-state index is -1.62. The van der Waals surface area contributed by atoms with Crippen LogP contribution >= 0.6 is 0 Å². The van der Waals surface area contributed by atoms with Gasteiger partial charge >= 0.3 is 11.9 Å². The Kier molecular flexibility index (Phi) is 6.78. The van der Waals surface area contributed by atoms with Gasteiger partial charge in [-0.25, -0.2) is 9.59 Å². The maximum atomic E-state index is 12.9. The topological polar surface area (TPSA) is 144 Å². The molecule has 160 valence electrons. The van der Waals surface area contributed by atoms with E-state index in [1.165, 1.54) is 4.90 Å². The number of benzene rings is 2. The number of nitrogens with zero attached hydrogens (tertiary/aromatic N) is 2. The zero-order valence-electron chi connectivity index (χ0n) is 16.4. The van der Waals surface area contributed by atoms with Crippen molar-refractivity contribution >= 4 is 17.8 Å². The Bertz CT molecular complexity index is 1060. The minimum Gasteiger partial charge on any atom is -0.479 e. The molecule has 0 aliphatic rings. The number of aromatic amines is 1. The van der Waals surface area contributed by atoms with Gasteiger partial charge in [0.25, 0.3) is 5.91 Å². The molecule has 1 unspecified atom stereocenters. The van der Waals surface area contributed by atoms with Crippen LogP contribution in [0.5, 0.6) is 0 Å². The number of aliphatic hydroxyl groups is 1. The van der Waals surface area contributed by atoms with Gasteiger partial charge in [-0.05, 0) is 16.7 Å². The van der Waals surface area contributed by atoms with Crippen LogP contribution in [0.4, 0.5) is 0 Å². The number of aliphatic hydroxyl groups excluding tert-OH is 1. The van der Waals surface area contributed by atoms with E-state index in [0.717, 1.165) is 22.8 Å². The highest BCUT2D eigenvalue weighted by molar-refractivity contribution is 5.95. The van der Waals surface area contributed by atoms with E-state index >= 15 is 0 Å². The van der Waals surface area contributed by atoms with Crippen LogP contribution in [0.3, 0.4) is 0 Å². The van der Waals surface area contributed by atoms with Gasteiger partial charge in [-0.2, -0.15) is 5.10 Å². The predicted octanol–water partition coefficient (Wildman–Crippen LogP) is 2.25. The number of amides is 1. The van der Waals surface area contributed by atoms with Crippen molar-refractivity contribution in [2.45, 2.75) is 19.1 Å². The van der Waals surface area contributed by atoms with E-state index in [0.29, 0.717) is 0 Å². The number of rotatable bonds is 9. The van der Waals surface area contributed by atoms with E-state index in [1.54, 1.807) is 0 Å². The molecule has 0 aliphatic heterocycles. The highest BCUT2D eigenvalue weighted by Crippen LogP contribution is 2.20. The van der Waals surface area contributed by atoms with Crippen LogP contribution in [-0.4, -0.2) is 60.9 Å². The number of carboxylic acid groups (broad SMARTS) is 2. The number of nitrogens with one attached hydrogen (secondary N) is 1. The minimum absolute atomic E-state index is 0.0536. The fourth-order valence-electron chi connectivity index (χ4n) is 3.01. The van der Waals surface area contributed by atoms with Gasteiger partial charge in [-0.1, -0.05) is 54.6 Å². The molecule has 0 saturated carbocycles. The summed E-state index contributed by atoms with van der Waals surface area (Å²) in [6.07, 6.45) is -1.80. The summed E-state index contributed by atoms with van der Waals surface area (Å²) >= 11 is 0. The quantitative estimate of drug-likeness (QED) is 0.413. The lowest BCUT2D eigenvalue weighted by molar-refractivity contribution is -0.147. The third-order valence-electron chi connectivity index (χ3n) is 4.71. The van der Waals surface area contributed by atoms with Crippen molar-refractivity contribution in [3.63, 3.8) is 0 Å². The molecule has 9 nitrogen and oxygen atoms in total. The molecule has 31 heavy (non-hydrogen) atoms. The summed E-state index contributed by atoms with van der Waals surface area (Å²) in [6.45, 7) is 0.0809. The summed E-state index contributed by atoms with van der Waals surface area (Å²) in [5, 5.41) is 33.5. The highest BCUT2D eigenvalue weighted by atomic mass is 16.4. The molecule has 0 fully saturated rings. The van der Waals surface area contributed by atoms with Crippen LogP contribution in [0.2, 0.25) is 0 Å². The van der Waals surface area contributed by atoms with Crippen molar-refractivity contribution in [1.82, 2.24) is 15.1 Å². The number of hydrogen-bond acceptors (Lipinski definition) is 5. The lowest BCUT2D eigenvalue weighted by Crippen LogP contribution is -2.35. The van der Waals surface area contributed by atoms with E-state index in [4.69, 9.17) is 10.2 Å². The molecule has 0 radical (unpaired) electrons. The Labute approximate surface area is 177 Å². The maximum absolute atomic E-state index is 12.9. The molecule has 0 saturated heterocycles. The number of hydrogen-bond donors (Lipinski definition) is 4. The summed E-state index contributed by atoms with van der Waals surface area (Å²) in [6, 6.07) is 18.4. The SMILES string of the molecule is O=C(O)c1cc(C(=O)N(CCC(O)C(=O)O)Cc2ccc(-c3ccccc3)cc2)n[nH]1. The molecular formula is C22H21N3O6. The van der Waals surface area contributed by atoms with Crippen LogP contribution in [0.1, 0.15) is 33.0 Å². The van der Waals surface area contributed by atoms with Crippen LogP contribution < -0.4 is 0 Å². The second kappa shape index (κ2) is 9.68. The van der Waals surface area contributed by atoms with Gasteiger partial charge in [0.05, 0.1) is 0 Å². The zero-order valence-corrected chi connectivity index (χ0v) is 16.4. The molecule has 1 atom stereocenters. The van der Waals surface area contributed by atoms with Crippen LogP contribution in [0.25, 0.3) is 11.1 Å². The van der Waals surface area contributed by atoms with Gasteiger partial charge in [0, 0.05) is 25.6 Å². The third kappa shape index (κ3) is 5.55. The van der Waals surface area contributed by atoms with Crippen molar-refractivity contribution in [1.29, 1.82) is 0 Å². The maximum Gasteiger partial charge on any atom is 0.353 e. The van der Waals surface area contributed by atoms with E-state index in [-0.39, 0.29) is 30.9 Å². The normalized spacial score (nSPS) is 11.6. The summed E-state index contributed by atoms with van der Waals surface area (Å²) in [5.41, 5.74) is 2.49. The molecule has 0 spiro atoms. The van der Waals surface area contributed by atoms with Gasteiger partial charge in [-0.3, -0.25) is 9.89 Å². The zero-order chi connectivity index (χ0) is 22.4. The van der Waals surface area contributed by atoms with Gasteiger partial charge in [-0.15, -0.1) is 0 Å². The number of carbonyl (C=O) groups is 3. The molecule has 9 heteroatoms. The average Bonchev–Trinajstić information content (AvgIpc) is 3.27. The van der Waals surface area contributed by atoms with E-state index in [9.17, 15) is 19.5 Å². The molecule has 0 bridgehead atoms. The number of H-pyrrole nitrogens is 1. The molecule has 4 N–H and O–H groups in total. The first-order valence-electron chi connectivity index (χ1n) is 9.48. The average molecular weight is 423 g/mol. The fraction of sp³-hybridized carbons (Fsp3) is 0.182. The largest absolute Gasteiger partial charge is 0.479 e. The smallest absolute Gasteiger partial charge is 0.353 e. The summed E-state index contributed by atoms with van der Waals surface area (Å²) in [4.78, 5) is 36.2. The summed E-state index contributed by atoms with van der Waals surface area (Å²) in [7, 11) is 0. The Balaban J connectivity index is 1.79. The fourth-order valence-corrected chi connectivity index (χ4v) is 3.01. The van der Waals surface area contributed by atoms with Gasteiger partial charge < -0.3 is 20.2 Å². The van der Waals surface area contributed by atoms with Crippen LogP contribution in [0.15, 0.2) is 60.7 Å². The number of aliphatic carboxylic acids is 1. The molecular weight excluding hydrogens is 402 g/mol. The molecule has 1 amide bonds. The molecule has 0 aliphatic carbocycles. The number of carboxylic acids is 2. The first-order chi connectivity index (χ1) is 14.8. The summed E-state index contributed by atoms with van der Waals surface area (Å²) in [5.74, 6) is -3.21. The van der Waals surface area contributed by atoms with E-state index in [2.05, 4.69) is 10.2 Å². The molecule has 3 rings (SSSR count). The standard InChI is InChI=1S/C22H21N3O6/c26-19(22(30)31)10-11-25(20(27)17-12-18(21(28)29)24-23-17)13-14-6-8-16(9-7-14)15-4-2-1-3-5-15/h1-9,12,19,26H,10-11,13H2,(H,23,24)(H,28,29)(H,30,31). The predicted molar refractivity (Wildman–Crippen MR) is 110 cm³/mol. The van der Waals surface area contributed by atoms with E-state index in [1.807, 2.05) is 54.6 Å². The van der Waals surface area contributed by atoms with Crippen molar-refractivity contribution in [3.8, 4) is 11.1 Å². The van der Waals surface area contributed by atoms with Crippen LogP contribution in [0, 0.1) is 0 Å². The van der Waals surface area contributed by atoms with Crippen molar-refractivity contribution in [2.75, 3.05) is 6.54 Å². The van der Waals surface area contributed by atoms with E-state index < -0.39 is 23.9 Å². The van der Waals surface area contributed by atoms with Crippen LogP contribution in [-0.2, 0) is 11.3 Å². The Morgan fingerprint density at radius 1 is 0.968 bits per heavy atom. The Hall–Kier alpha value is -3.98. The lowest BCUT2D eigenvalue weighted by Gasteiger charge is -2.23. The third-order valence-corrected chi connectivity index (χ3v) is 4.71. The Morgan fingerprint density at radius 3 is 2.19 bits per heavy atom. The second-order valence-corrected chi connectivity index (χ2v) is 6.90. The molecule has 1 heterocycles. The lowest BCUT2D eigenvalue weighted by atomic mass is 10.0. The highest BCUT2D eigenvalue weighted by Gasteiger charge is 2.23. The molecule has 3 aromatic rings. The van der Waals surface area contributed by atoms with Gasteiger partial charge in [0.1, 0.15) is 5.69 Å². The van der Waals surface area contributed by atoms with Gasteiger partial charge in [0.15, 0.2) is 11.8 Å². The van der Waals surface area contributed by atoms with Crippen molar-refractivity contribution in [3.05, 3.63) is 77.6 Å². The first kappa shape index (κ1) is 21.7. The molecule has 1 aromatic heterocycles. The Morgan fingerprint density at radius 2 is 1.61 bits per heavy atom. The van der Waals surface area contributed by atoms with Gasteiger partial charge in [0.2, 0.25) is 0 Å². The summed E-state index contributed by atoms with van der Waals surface area (Å²) < 4.78 is 0. The van der Waals surface area contributed by atoms with Crippen molar-refractivity contribution in [2.24, 2.45) is 0 Å². The number of carbonyl (C=O) groups excluding carboxylic acids is 1. The molecule has 2 aromatic carbocycles. The van der Waals surface area contributed by atoms with Crippen molar-refractivity contribution < 1.29 is 29.7 Å². The first-order valence-corrected chi connectivity index (χ1v) is 9.48. The monoisotopic (exact) mass is 423 g/mol. The number of aromatic nitrogens is 2. The second-order valence-electron chi connectivity index (χ2n) is 6.90. The number of aromatic carboxylic acids is 1.